The topological polar surface area (TPSA) is 54.8 Å². The first-order valence-electron chi connectivity index (χ1n) is 6.56. The smallest absolute Gasteiger partial charge is 0.0931 e. The Morgan fingerprint density at radius 3 is 2.47 bits per heavy atom. The van der Waals surface area contributed by atoms with Gasteiger partial charge in [-0.25, -0.2) is 0 Å². The molecule has 108 valence electrons. The van der Waals surface area contributed by atoms with Crippen molar-refractivity contribution in [2.45, 2.75) is 19.4 Å². The molecule has 19 heavy (non-hydrogen) atoms. The van der Waals surface area contributed by atoms with Gasteiger partial charge in [-0.05, 0) is 25.5 Å². The Bertz CT molecular complexity index is 341. The molecule has 5 heteroatoms. The summed E-state index contributed by atoms with van der Waals surface area (Å²) in [5.41, 5.74) is 1.73. The van der Waals surface area contributed by atoms with Gasteiger partial charge < -0.3 is 19.5 Å². The van der Waals surface area contributed by atoms with E-state index in [2.05, 4.69) is 9.88 Å². The van der Waals surface area contributed by atoms with Crippen molar-refractivity contribution >= 4 is 5.69 Å². The predicted molar refractivity (Wildman–Crippen MR) is 75.5 cm³/mol. The number of aromatic nitrogens is 1. The van der Waals surface area contributed by atoms with Gasteiger partial charge in [-0.15, -0.1) is 0 Å². The third kappa shape index (κ3) is 5.55. The molecular formula is C14H24N2O3. The Morgan fingerprint density at radius 2 is 1.95 bits per heavy atom. The number of aliphatic hydroxyl groups is 1. The monoisotopic (exact) mass is 268 g/mol. The zero-order valence-electron chi connectivity index (χ0n) is 12.0. The van der Waals surface area contributed by atoms with Crippen LogP contribution in [0.2, 0.25) is 0 Å². The first-order valence-corrected chi connectivity index (χ1v) is 6.56. The zero-order chi connectivity index (χ0) is 14.1. The molecule has 1 rings (SSSR count). The largest absolute Gasteiger partial charge is 0.387 e. The highest BCUT2D eigenvalue weighted by atomic mass is 16.5. The number of nitrogens with zero attached hydrogens (tertiary/aromatic N) is 2. The maximum Gasteiger partial charge on any atom is 0.0931 e. The zero-order valence-corrected chi connectivity index (χ0v) is 12.0. The second-order valence-corrected chi connectivity index (χ2v) is 4.44. The van der Waals surface area contributed by atoms with Crippen LogP contribution in [-0.2, 0) is 9.47 Å². The Hall–Kier alpha value is -1.17. The van der Waals surface area contributed by atoms with E-state index in [1.54, 1.807) is 27.3 Å². The molecule has 0 saturated heterocycles. The molecule has 0 spiro atoms. The highest BCUT2D eigenvalue weighted by Gasteiger charge is 2.08. The summed E-state index contributed by atoms with van der Waals surface area (Å²) in [4.78, 5) is 6.48. The molecule has 0 radical (unpaired) electrons. The first-order chi connectivity index (χ1) is 9.19. The van der Waals surface area contributed by atoms with E-state index in [1.165, 1.54) is 0 Å². The number of hydrogen-bond donors (Lipinski definition) is 1. The Morgan fingerprint density at radius 1 is 1.21 bits per heavy atom. The summed E-state index contributed by atoms with van der Waals surface area (Å²) in [6.07, 6.45) is 2.22. The lowest BCUT2D eigenvalue weighted by Crippen LogP contribution is -2.29. The van der Waals surface area contributed by atoms with Crippen LogP contribution >= 0.6 is 0 Å². The predicted octanol–water partition coefficient (Wildman–Crippen LogP) is 1.62. The molecule has 0 fully saturated rings. The van der Waals surface area contributed by atoms with Crippen LogP contribution in [0.3, 0.4) is 0 Å². The summed E-state index contributed by atoms with van der Waals surface area (Å²) in [6, 6.07) is 3.84. The maximum atomic E-state index is 9.46. The molecule has 0 saturated carbocycles. The average molecular weight is 268 g/mol. The molecule has 1 atom stereocenters. The van der Waals surface area contributed by atoms with Crippen LogP contribution in [0.15, 0.2) is 18.3 Å². The van der Waals surface area contributed by atoms with Crippen molar-refractivity contribution in [2.24, 2.45) is 0 Å². The van der Waals surface area contributed by atoms with Gasteiger partial charge in [0.25, 0.3) is 0 Å². The lowest BCUT2D eigenvalue weighted by Gasteiger charge is -2.24. The fourth-order valence-electron chi connectivity index (χ4n) is 1.80. The highest BCUT2D eigenvalue weighted by molar-refractivity contribution is 5.44. The summed E-state index contributed by atoms with van der Waals surface area (Å²) in [5, 5.41) is 9.46. The normalized spacial score (nSPS) is 12.4. The number of aliphatic hydroxyl groups excluding tert-OH is 1. The molecular weight excluding hydrogens is 244 g/mol. The van der Waals surface area contributed by atoms with E-state index in [1.807, 2.05) is 12.1 Å². The second kappa shape index (κ2) is 8.85. The van der Waals surface area contributed by atoms with Gasteiger partial charge in [0, 0.05) is 33.9 Å². The summed E-state index contributed by atoms with van der Waals surface area (Å²) in [6.45, 7) is 4.83. The lowest BCUT2D eigenvalue weighted by molar-refractivity contribution is 0.190. The minimum Gasteiger partial charge on any atom is -0.387 e. The molecule has 0 aliphatic carbocycles. The summed E-state index contributed by atoms with van der Waals surface area (Å²) >= 11 is 0. The molecule has 0 bridgehead atoms. The maximum absolute atomic E-state index is 9.46. The third-order valence-electron chi connectivity index (χ3n) is 2.91. The van der Waals surface area contributed by atoms with Crippen molar-refractivity contribution in [1.82, 2.24) is 4.98 Å². The SMILES string of the molecule is COCCCN(CCOC)c1ccc([C@@H](C)O)nc1. The van der Waals surface area contributed by atoms with Crippen LogP contribution in [0, 0.1) is 0 Å². The van der Waals surface area contributed by atoms with Gasteiger partial charge in [0.15, 0.2) is 0 Å². The van der Waals surface area contributed by atoms with Crippen molar-refractivity contribution in [3.63, 3.8) is 0 Å². The van der Waals surface area contributed by atoms with E-state index >= 15 is 0 Å². The lowest BCUT2D eigenvalue weighted by atomic mass is 10.2. The number of rotatable bonds is 9. The van der Waals surface area contributed by atoms with Gasteiger partial charge >= 0.3 is 0 Å². The number of methoxy groups -OCH3 is 2. The van der Waals surface area contributed by atoms with Crippen LogP contribution in [-0.4, -0.2) is 50.6 Å². The molecule has 5 nitrogen and oxygen atoms in total. The number of pyridine rings is 1. The van der Waals surface area contributed by atoms with Crippen molar-refractivity contribution in [2.75, 3.05) is 45.4 Å². The van der Waals surface area contributed by atoms with E-state index in [0.29, 0.717) is 12.3 Å². The summed E-state index contributed by atoms with van der Waals surface area (Å²) in [5.74, 6) is 0. The van der Waals surface area contributed by atoms with Gasteiger partial charge in [-0.3, -0.25) is 4.98 Å². The van der Waals surface area contributed by atoms with Crippen LogP contribution in [0.5, 0.6) is 0 Å². The minimum absolute atomic E-state index is 0.532. The molecule has 1 heterocycles. The molecule has 0 amide bonds. The Kier molecular flexibility index (Phi) is 7.40. The Balaban J connectivity index is 2.66. The van der Waals surface area contributed by atoms with E-state index in [-0.39, 0.29) is 0 Å². The van der Waals surface area contributed by atoms with Crippen LogP contribution in [0.1, 0.15) is 25.1 Å². The highest BCUT2D eigenvalue weighted by Crippen LogP contribution is 2.16. The standard InChI is InChI=1S/C14H24N2O3/c1-12(17)14-6-5-13(11-15-14)16(8-10-19-3)7-4-9-18-2/h5-6,11-12,17H,4,7-10H2,1-3H3/t12-/m1/s1. The van der Waals surface area contributed by atoms with E-state index < -0.39 is 6.10 Å². The molecule has 0 aromatic carbocycles. The molecule has 0 aliphatic heterocycles. The van der Waals surface area contributed by atoms with Crippen molar-refractivity contribution in [3.8, 4) is 0 Å². The summed E-state index contributed by atoms with van der Waals surface area (Å²) in [7, 11) is 3.40. The number of hydrogen-bond acceptors (Lipinski definition) is 5. The fourth-order valence-corrected chi connectivity index (χ4v) is 1.80. The van der Waals surface area contributed by atoms with Crippen molar-refractivity contribution < 1.29 is 14.6 Å². The second-order valence-electron chi connectivity index (χ2n) is 4.44. The van der Waals surface area contributed by atoms with Crippen molar-refractivity contribution in [1.29, 1.82) is 0 Å². The molecule has 1 aromatic rings. The summed E-state index contributed by atoms with van der Waals surface area (Å²) < 4.78 is 10.2. The first kappa shape index (κ1) is 15.9. The quantitative estimate of drug-likeness (QED) is 0.690. The number of anilines is 1. The van der Waals surface area contributed by atoms with Gasteiger partial charge in [-0.2, -0.15) is 0 Å². The molecule has 0 aliphatic rings. The van der Waals surface area contributed by atoms with Crippen LogP contribution in [0.25, 0.3) is 0 Å². The van der Waals surface area contributed by atoms with Gasteiger partial charge in [0.2, 0.25) is 0 Å². The van der Waals surface area contributed by atoms with E-state index in [0.717, 1.165) is 31.8 Å². The van der Waals surface area contributed by atoms with Gasteiger partial charge in [-0.1, -0.05) is 0 Å². The van der Waals surface area contributed by atoms with E-state index in [4.69, 9.17) is 9.47 Å². The average Bonchev–Trinajstić information content (AvgIpc) is 2.43. The van der Waals surface area contributed by atoms with Gasteiger partial charge in [0.1, 0.15) is 0 Å². The Labute approximate surface area is 115 Å². The molecule has 1 aromatic heterocycles. The third-order valence-corrected chi connectivity index (χ3v) is 2.91. The van der Waals surface area contributed by atoms with Gasteiger partial charge in [0.05, 0.1) is 30.3 Å². The number of ether oxygens (including phenoxy) is 2. The molecule has 1 N–H and O–H groups in total. The van der Waals surface area contributed by atoms with Crippen LogP contribution in [0.4, 0.5) is 5.69 Å². The van der Waals surface area contributed by atoms with Crippen molar-refractivity contribution in [3.05, 3.63) is 24.0 Å². The van der Waals surface area contributed by atoms with E-state index in [9.17, 15) is 5.11 Å². The van der Waals surface area contributed by atoms with Crippen LogP contribution < -0.4 is 4.90 Å². The fraction of sp³-hybridized carbons (Fsp3) is 0.643. The molecule has 0 unspecified atom stereocenters. The minimum atomic E-state index is -0.532.